The van der Waals surface area contributed by atoms with Crippen LogP contribution in [0.4, 0.5) is 0 Å². The number of unbranched alkanes of at least 4 members (excludes halogenated alkanes) is 1. The zero-order valence-electron chi connectivity index (χ0n) is 26.2. The van der Waals surface area contributed by atoms with Crippen molar-refractivity contribution in [2.24, 2.45) is 5.92 Å². The van der Waals surface area contributed by atoms with E-state index in [2.05, 4.69) is 50.3 Å². The highest BCUT2D eigenvalue weighted by Gasteiger charge is 2.16. The highest BCUT2D eigenvalue weighted by atomic mass is 16.5. The van der Waals surface area contributed by atoms with Crippen LogP contribution in [0.3, 0.4) is 0 Å². The lowest BCUT2D eigenvalue weighted by molar-refractivity contribution is 0.215. The molecule has 0 aliphatic rings. The topological polar surface area (TPSA) is 55.4 Å². The van der Waals surface area contributed by atoms with Crippen LogP contribution in [-0.2, 0) is 0 Å². The minimum Gasteiger partial charge on any atom is -0.493 e. The van der Waals surface area contributed by atoms with Gasteiger partial charge in [-0.15, -0.1) is 0 Å². The lowest BCUT2D eigenvalue weighted by Crippen LogP contribution is -2.12. The van der Waals surface area contributed by atoms with Gasteiger partial charge >= 0.3 is 0 Å². The van der Waals surface area contributed by atoms with Crippen LogP contribution in [0.1, 0.15) is 68.7 Å². The Kier molecular flexibility index (Phi) is 13.2. The van der Waals surface area contributed by atoms with E-state index < -0.39 is 0 Å². The predicted octanol–water partition coefficient (Wildman–Crippen LogP) is 9.06. The van der Waals surface area contributed by atoms with Gasteiger partial charge in [0.05, 0.1) is 41.7 Å². The molecule has 0 N–H and O–H groups in total. The van der Waals surface area contributed by atoms with Gasteiger partial charge in [0.25, 0.3) is 0 Å². The van der Waals surface area contributed by atoms with Crippen LogP contribution in [0.5, 0.6) is 34.5 Å². The molecule has 6 heteroatoms. The Labute approximate surface area is 251 Å². The Morgan fingerprint density at radius 1 is 0.571 bits per heavy atom. The smallest absolute Gasteiger partial charge is 0.203 e. The molecule has 226 valence electrons. The van der Waals surface area contributed by atoms with E-state index in [1.807, 2.05) is 43.3 Å². The average molecular weight is 575 g/mol. The first-order chi connectivity index (χ1) is 20.5. The van der Waals surface area contributed by atoms with Crippen LogP contribution in [-0.4, -0.2) is 41.7 Å². The molecule has 0 heterocycles. The van der Waals surface area contributed by atoms with Gasteiger partial charge in [-0.2, -0.15) is 0 Å². The summed E-state index contributed by atoms with van der Waals surface area (Å²) in [4.78, 5) is 0. The fraction of sp³-hybridized carbons (Fsp3) is 0.389. The molecule has 3 aromatic carbocycles. The number of rotatable bonds is 17. The van der Waals surface area contributed by atoms with E-state index in [1.165, 1.54) is 12.8 Å². The largest absolute Gasteiger partial charge is 0.493 e. The number of ether oxygens (including phenoxy) is 6. The molecule has 6 nitrogen and oxygen atoms in total. The summed E-state index contributed by atoms with van der Waals surface area (Å²) in [7, 11) is 6.58. The second-order valence-electron chi connectivity index (χ2n) is 10.0. The third kappa shape index (κ3) is 8.97. The van der Waals surface area contributed by atoms with Gasteiger partial charge in [0.15, 0.2) is 23.0 Å². The van der Waals surface area contributed by atoms with Crippen molar-refractivity contribution in [3.8, 4) is 34.5 Å². The fourth-order valence-electron chi connectivity index (χ4n) is 4.62. The molecule has 0 radical (unpaired) electrons. The van der Waals surface area contributed by atoms with Crippen LogP contribution in [0.2, 0.25) is 0 Å². The third-order valence-electron chi connectivity index (χ3n) is 7.13. The molecule has 0 bridgehead atoms. The van der Waals surface area contributed by atoms with E-state index in [9.17, 15) is 0 Å². The van der Waals surface area contributed by atoms with E-state index in [0.717, 1.165) is 35.1 Å². The van der Waals surface area contributed by atoms with Crippen molar-refractivity contribution >= 4 is 24.3 Å². The zero-order valence-corrected chi connectivity index (χ0v) is 26.2. The molecule has 0 aliphatic heterocycles. The summed E-state index contributed by atoms with van der Waals surface area (Å²) in [5.74, 6) is 4.41. The van der Waals surface area contributed by atoms with E-state index in [1.54, 1.807) is 28.4 Å². The molecule has 3 rings (SSSR count). The van der Waals surface area contributed by atoms with Crippen molar-refractivity contribution in [1.29, 1.82) is 0 Å². The predicted molar refractivity (Wildman–Crippen MR) is 173 cm³/mol. The van der Waals surface area contributed by atoms with Crippen LogP contribution >= 0.6 is 0 Å². The first-order valence-corrected chi connectivity index (χ1v) is 14.7. The molecule has 0 saturated heterocycles. The summed E-state index contributed by atoms with van der Waals surface area (Å²) < 4.78 is 34.3. The van der Waals surface area contributed by atoms with Gasteiger partial charge in [-0.05, 0) is 65.8 Å². The summed E-state index contributed by atoms with van der Waals surface area (Å²) in [6, 6.07) is 16.2. The van der Waals surface area contributed by atoms with Crippen molar-refractivity contribution in [2.45, 2.75) is 46.5 Å². The summed E-state index contributed by atoms with van der Waals surface area (Å²) in [6.45, 7) is 7.55. The average Bonchev–Trinajstić information content (AvgIpc) is 3.03. The standard InChI is InChI=1S/C36H46O6/c1-8-11-12-26(9-2)25-42-36-33(39-6)23-30(24-34(36)40-7)20-18-28-15-13-27(14-16-28)17-19-29-21-31(37-4)35(41-10-3)32(22-29)38-5/h13-24,26H,8-12,25H2,1-7H3. The molecular weight excluding hydrogens is 528 g/mol. The maximum Gasteiger partial charge on any atom is 0.203 e. The Morgan fingerprint density at radius 3 is 1.33 bits per heavy atom. The van der Waals surface area contributed by atoms with E-state index in [4.69, 9.17) is 28.4 Å². The van der Waals surface area contributed by atoms with Crippen LogP contribution in [0, 0.1) is 5.92 Å². The summed E-state index contributed by atoms with van der Waals surface area (Å²) >= 11 is 0. The molecule has 0 spiro atoms. The number of hydrogen-bond donors (Lipinski definition) is 0. The van der Waals surface area contributed by atoms with Crippen molar-refractivity contribution in [1.82, 2.24) is 0 Å². The number of benzene rings is 3. The molecule has 0 saturated carbocycles. The zero-order chi connectivity index (χ0) is 30.3. The molecule has 1 atom stereocenters. The lowest BCUT2D eigenvalue weighted by atomic mass is 10.0. The maximum absolute atomic E-state index is 6.23. The van der Waals surface area contributed by atoms with Crippen LogP contribution in [0.25, 0.3) is 24.3 Å². The summed E-state index contributed by atoms with van der Waals surface area (Å²) in [5.41, 5.74) is 4.08. The molecule has 42 heavy (non-hydrogen) atoms. The van der Waals surface area contributed by atoms with E-state index in [0.29, 0.717) is 53.6 Å². The highest BCUT2D eigenvalue weighted by molar-refractivity contribution is 5.75. The SMILES string of the molecule is CCCCC(CC)COc1c(OC)cc(C=Cc2ccc(C=Cc3cc(OC)c(OCC)c(OC)c3)cc2)cc1OC. The minimum atomic E-state index is 0.517. The molecule has 0 aromatic heterocycles. The number of hydrogen-bond acceptors (Lipinski definition) is 6. The van der Waals surface area contributed by atoms with Crippen molar-refractivity contribution in [3.05, 3.63) is 70.8 Å². The summed E-state index contributed by atoms with van der Waals surface area (Å²) in [5, 5.41) is 0. The van der Waals surface area contributed by atoms with E-state index in [-0.39, 0.29) is 0 Å². The Hall–Kier alpha value is -4.06. The Morgan fingerprint density at radius 2 is 0.976 bits per heavy atom. The van der Waals surface area contributed by atoms with Gasteiger partial charge in [-0.25, -0.2) is 0 Å². The molecule has 0 aliphatic carbocycles. The van der Waals surface area contributed by atoms with Crippen LogP contribution in [0.15, 0.2) is 48.5 Å². The molecule has 1 unspecified atom stereocenters. The second-order valence-corrected chi connectivity index (χ2v) is 10.0. The number of methoxy groups -OCH3 is 4. The van der Waals surface area contributed by atoms with Gasteiger partial charge in [0.2, 0.25) is 11.5 Å². The van der Waals surface area contributed by atoms with Gasteiger partial charge in [-0.3, -0.25) is 0 Å². The Bertz CT molecular complexity index is 1260. The first kappa shape index (κ1) is 32.5. The normalized spacial score (nSPS) is 12.0. The molecule has 0 fully saturated rings. The quantitative estimate of drug-likeness (QED) is 0.150. The summed E-state index contributed by atoms with van der Waals surface area (Å²) in [6.07, 6.45) is 12.9. The van der Waals surface area contributed by atoms with Gasteiger partial charge < -0.3 is 28.4 Å². The third-order valence-corrected chi connectivity index (χ3v) is 7.13. The monoisotopic (exact) mass is 574 g/mol. The van der Waals surface area contributed by atoms with E-state index >= 15 is 0 Å². The molecule has 3 aromatic rings. The lowest BCUT2D eigenvalue weighted by Gasteiger charge is -2.19. The van der Waals surface area contributed by atoms with Gasteiger partial charge in [-0.1, -0.05) is 81.7 Å². The molecular formula is C36H46O6. The van der Waals surface area contributed by atoms with Crippen molar-refractivity contribution in [3.63, 3.8) is 0 Å². The van der Waals surface area contributed by atoms with Crippen LogP contribution < -0.4 is 28.4 Å². The Balaban J connectivity index is 1.73. The highest BCUT2D eigenvalue weighted by Crippen LogP contribution is 2.40. The van der Waals surface area contributed by atoms with Crippen molar-refractivity contribution in [2.75, 3.05) is 41.7 Å². The second kappa shape index (κ2) is 17.0. The van der Waals surface area contributed by atoms with Gasteiger partial charge in [0.1, 0.15) is 0 Å². The molecule has 0 amide bonds. The first-order valence-electron chi connectivity index (χ1n) is 14.7. The minimum absolute atomic E-state index is 0.517. The van der Waals surface area contributed by atoms with Crippen molar-refractivity contribution < 1.29 is 28.4 Å². The fourth-order valence-corrected chi connectivity index (χ4v) is 4.62. The van der Waals surface area contributed by atoms with Gasteiger partial charge in [0, 0.05) is 0 Å². The maximum atomic E-state index is 6.23.